The molecule has 0 radical (unpaired) electrons. The van der Waals surface area contributed by atoms with Crippen LogP contribution in [0, 0.1) is 5.92 Å². The van der Waals surface area contributed by atoms with Crippen LogP contribution in [0.3, 0.4) is 0 Å². The van der Waals surface area contributed by atoms with Crippen LogP contribution < -0.4 is 5.32 Å². The fourth-order valence-electron chi connectivity index (χ4n) is 2.61. The van der Waals surface area contributed by atoms with Gasteiger partial charge in [0.2, 0.25) is 5.91 Å². The fourth-order valence-corrected chi connectivity index (χ4v) is 2.61. The maximum atomic E-state index is 11.5. The van der Waals surface area contributed by atoms with Gasteiger partial charge in [-0.05, 0) is 25.7 Å². The van der Waals surface area contributed by atoms with Crippen molar-refractivity contribution in [3.8, 4) is 0 Å². The molecule has 2 aliphatic rings. The molecular formula is C10H18N2O. The highest BCUT2D eigenvalue weighted by atomic mass is 16.2. The third kappa shape index (κ3) is 1.46. The first-order valence-corrected chi connectivity index (χ1v) is 5.23. The lowest BCUT2D eigenvalue weighted by Crippen LogP contribution is -2.40. The zero-order valence-electron chi connectivity index (χ0n) is 8.42. The highest BCUT2D eigenvalue weighted by Crippen LogP contribution is 2.31. The Morgan fingerprint density at radius 1 is 1.38 bits per heavy atom. The monoisotopic (exact) mass is 182 g/mol. The van der Waals surface area contributed by atoms with Crippen molar-refractivity contribution in [2.45, 2.75) is 44.8 Å². The van der Waals surface area contributed by atoms with Gasteiger partial charge in [-0.25, -0.2) is 0 Å². The molecule has 0 aromatic heterocycles. The van der Waals surface area contributed by atoms with Crippen molar-refractivity contribution in [1.82, 2.24) is 10.2 Å². The van der Waals surface area contributed by atoms with Gasteiger partial charge in [-0.2, -0.15) is 0 Å². The number of carbonyl (C=O) groups excluding carboxylic acids is 1. The van der Waals surface area contributed by atoms with Gasteiger partial charge in [-0.15, -0.1) is 0 Å². The third-order valence-electron chi connectivity index (χ3n) is 3.40. The number of nitrogens with zero attached hydrogens (tertiary/aromatic N) is 1. The molecule has 1 saturated carbocycles. The number of amides is 1. The van der Waals surface area contributed by atoms with E-state index in [9.17, 15) is 4.79 Å². The molecule has 3 heteroatoms. The zero-order chi connectivity index (χ0) is 9.42. The summed E-state index contributed by atoms with van der Waals surface area (Å²) in [5.74, 6) is 0.941. The van der Waals surface area contributed by atoms with Gasteiger partial charge in [-0.1, -0.05) is 12.8 Å². The van der Waals surface area contributed by atoms with Crippen LogP contribution in [0.25, 0.3) is 0 Å². The number of hydrogen-bond donors (Lipinski definition) is 1. The average molecular weight is 182 g/mol. The lowest BCUT2D eigenvalue weighted by molar-refractivity contribution is -0.128. The third-order valence-corrected chi connectivity index (χ3v) is 3.40. The molecule has 1 heterocycles. The summed E-state index contributed by atoms with van der Waals surface area (Å²) in [6, 6.07) is 0.0237. The Morgan fingerprint density at radius 2 is 2.00 bits per heavy atom. The molecule has 0 aromatic carbocycles. The van der Waals surface area contributed by atoms with E-state index in [1.807, 2.05) is 18.9 Å². The van der Waals surface area contributed by atoms with Crippen molar-refractivity contribution in [2.24, 2.45) is 5.92 Å². The Morgan fingerprint density at radius 3 is 2.46 bits per heavy atom. The van der Waals surface area contributed by atoms with Crippen LogP contribution in [-0.4, -0.2) is 30.1 Å². The van der Waals surface area contributed by atoms with Crippen LogP contribution in [0.4, 0.5) is 0 Å². The average Bonchev–Trinajstić information content (AvgIpc) is 2.70. The molecule has 0 bridgehead atoms. The lowest BCUT2D eigenvalue weighted by Gasteiger charge is -2.25. The van der Waals surface area contributed by atoms with Crippen molar-refractivity contribution in [3.63, 3.8) is 0 Å². The minimum atomic E-state index is 0.0237. The van der Waals surface area contributed by atoms with Gasteiger partial charge in [0.15, 0.2) is 0 Å². The number of likely N-dealkylation sites (N-methyl/N-ethyl adjacent to an activating group) is 1. The van der Waals surface area contributed by atoms with E-state index in [1.54, 1.807) is 0 Å². The Labute approximate surface area is 79.5 Å². The van der Waals surface area contributed by atoms with Gasteiger partial charge in [0.1, 0.15) is 0 Å². The summed E-state index contributed by atoms with van der Waals surface area (Å²) >= 11 is 0. The lowest BCUT2D eigenvalue weighted by atomic mass is 10.0. The predicted octanol–water partition coefficient (Wildman–Crippen LogP) is 0.953. The largest absolute Gasteiger partial charge is 0.329 e. The number of rotatable bonds is 1. The fraction of sp³-hybridized carbons (Fsp3) is 0.900. The summed E-state index contributed by atoms with van der Waals surface area (Å²) in [5.41, 5.74) is 0. The molecule has 1 amide bonds. The molecule has 0 spiro atoms. The van der Waals surface area contributed by atoms with Crippen LogP contribution in [0.15, 0.2) is 0 Å². The maximum Gasteiger partial charge on any atom is 0.240 e. The molecule has 13 heavy (non-hydrogen) atoms. The van der Waals surface area contributed by atoms with Crippen LogP contribution in [0.5, 0.6) is 0 Å². The summed E-state index contributed by atoms with van der Waals surface area (Å²) in [6.45, 7) is 1.95. The van der Waals surface area contributed by atoms with E-state index in [0.717, 1.165) is 0 Å². The first-order valence-electron chi connectivity index (χ1n) is 5.23. The van der Waals surface area contributed by atoms with E-state index in [0.29, 0.717) is 12.1 Å². The summed E-state index contributed by atoms with van der Waals surface area (Å²) in [7, 11) is 1.92. The second kappa shape index (κ2) is 3.29. The number of hydrogen-bond acceptors (Lipinski definition) is 2. The van der Waals surface area contributed by atoms with E-state index in [4.69, 9.17) is 0 Å². The Kier molecular flexibility index (Phi) is 2.28. The number of carbonyl (C=O) groups is 1. The quantitative estimate of drug-likeness (QED) is 0.655. The van der Waals surface area contributed by atoms with Crippen molar-refractivity contribution in [2.75, 3.05) is 7.05 Å². The predicted molar refractivity (Wildman–Crippen MR) is 51.1 cm³/mol. The molecule has 0 aromatic rings. The molecule has 3 nitrogen and oxygen atoms in total. The molecular weight excluding hydrogens is 164 g/mol. The van der Waals surface area contributed by atoms with Crippen molar-refractivity contribution in [3.05, 3.63) is 0 Å². The molecule has 2 atom stereocenters. The molecule has 1 N–H and O–H groups in total. The summed E-state index contributed by atoms with van der Waals surface area (Å²) in [4.78, 5) is 13.4. The highest BCUT2D eigenvalue weighted by Gasteiger charge is 2.38. The van der Waals surface area contributed by atoms with Gasteiger partial charge in [0.05, 0.1) is 12.2 Å². The minimum absolute atomic E-state index is 0.0237. The minimum Gasteiger partial charge on any atom is -0.329 e. The van der Waals surface area contributed by atoms with Crippen molar-refractivity contribution >= 4 is 5.91 Å². The van der Waals surface area contributed by atoms with E-state index in [2.05, 4.69) is 5.32 Å². The summed E-state index contributed by atoms with van der Waals surface area (Å²) in [5, 5.41) is 3.37. The Balaban J connectivity index is 2.04. The van der Waals surface area contributed by atoms with E-state index >= 15 is 0 Å². The second-order valence-electron chi connectivity index (χ2n) is 4.33. The smallest absolute Gasteiger partial charge is 0.240 e. The van der Waals surface area contributed by atoms with Gasteiger partial charge >= 0.3 is 0 Å². The van der Waals surface area contributed by atoms with Crippen LogP contribution >= 0.6 is 0 Å². The first kappa shape index (κ1) is 9.00. The molecule has 2 fully saturated rings. The molecule has 1 saturated heterocycles. The van der Waals surface area contributed by atoms with E-state index < -0.39 is 0 Å². The van der Waals surface area contributed by atoms with Crippen LogP contribution in [0.1, 0.15) is 32.6 Å². The van der Waals surface area contributed by atoms with Gasteiger partial charge < -0.3 is 4.90 Å². The molecule has 2 rings (SSSR count). The van der Waals surface area contributed by atoms with Crippen LogP contribution in [-0.2, 0) is 4.79 Å². The maximum absolute atomic E-state index is 11.5. The first-order chi connectivity index (χ1) is 6.20. The van der Waals surface area contributed by atoms with Crippen LogP contribution in [0.2, 0.25) is 0 Å². The van der Waals surface area contributed by atoms with Gasteiger partial charge in [0.25, 0.3) is 0 Å². The zero-order valence-corrected chi connectivity index (χ0v) is 8.42. The summed E-state index contributed by atoms with van der Waals surface area (Å²) < 4.78 is 0. The highest BCUT2D eigenvalue weighted by molar-refractivity contribution is 5.83. The van der Waals surface area contributed by atoms with E-state index in [-0.39, 0.29) is 11.9 Å². The molecule has 1 aliphatic carbocycles. The van der Waals surface area contributed by atoms with Crippen molar-refractivity contribution < 1.29 is 4.79 Å². The standard InChI is InChI=1S/C10H18N2O/c1-7-10(13)12(2)9(11-7)8-5-3-4-6-8/h7-9,11H,3-6H2,1-2H3. The normalized spacial score (nSPS) is 36.2. The Bertz CT molecular complexity index is 211. The SMILES string of the molecule is CC1NC(C2CCCC2)N(C)C1=O. The summed E-state index contributed by atoms with van der Waals surface area (Å²) in [6.07, 6.45) is 5.53. The van der Waals surface area contributed by atoms with Gasteiger partial charge in [0, 0.05) is 7.05 Å². The van der Waals surface area contributed by atoms with Gasteiger partial charge in [-0.3, -0.25) is 10.1 Å². The van der Waals surface area contributed by atoms with Crippen molar-refractivity contribution in [1.29, 1.82) is 0 Å². The molecule has 2 unspecified atom stereocenters. The second-order valence-corrected chi connectivity index (χ2v) is 4.33. The topological polar surface area (TPSA) is 32.3 Å². The Hall–Kier alpha value is -0.570. The molecule has 1 aliphatic heterocycles. The molecule has 74 valence electrons. The van der Waals surface area contributed by atoms with E-state index in [1.165, 1.54) is 25.7 Å². The number of nitrogens with one attached hydrogen (secondary N) is 1.